The van der Waals surface area contributed by atoms with Crippen LogP contribution in [-0.4, -0.2) is 36.0 Å². The van der Waals surface area contributed by atoms with E-state index in [9.17, 15) is 4.79 Å². The van der Waals surface area contributed by atoms with Crippen molar-refractivity contribution < 1.29 is 4.79 Å². The van der Waals surface area contributed by atoms with Crippen molar-refractivity contribution in [1.82, 2.24) is 10.2 Å². The summed E-state index contributed by atoms with van der Waals surface area (Å²) in [7, 11) is 0. The molecule has 1 amide bonds. The van der Waals surface area contributed by atoms with Crippen LogP contribution in [0, 0.1) is 5.92 Å². The Labute approximate surface area is 99.6 Å². The van der Waals surface area contributed by atoms with Gasteiger partial charge in [-0.15, -0.1) is 0 Å². The number of likely N-dealkylation sites (N-methyl/N-ethyl adjacent to an activating group) is 1. The summed E-state index contributed by atoms with van der Waals surface area (Å²) in [5, 5.41) is 3.35. The number of amides is 1. The third-order valence-corrected chi connectivity index (χ3v) is 3.74. The first-order valence-electron chi connectivity index (χ1n) is 6.58. The highest BCUT2D eigenvalue weighted by atomic mass is 16.2. The van der Waals surface area contributed by atoms with E-state index in [0.717, 1.165) is 38.9 Å². The van der Waals surface area contributed by atoms with Gasteiger partial charge in [-0.05, 0) is 39.2 Å². The van der Waals surface area contributed by atoms with Gasteiger partial charge in [-0.1, -0.05) is 20.3 Å². The molecule has 3 heteroatoms. The summed E-state index contributed by atoms with van der Waals surface area (Å²) in [4.78, 5) is 14.4. The smallest absolute Gasteiger partial charge is 0.242 e. The highest BCUT2D eigenvalue weighted by molar-refractivity contribution is 5.86. The summed E-state index contributed by atoms with van der Waals surface area (Å²) in [5.41, 5.74) is -0.302. The molecule has 0 spiro atoms. The molecule has 1 N–H and O–H groups in total. The molecule has 1 aliphatic rings. The molecule has 1 rings (SSSR count). The van der Waals surface area contributed by atoms with Gasteiger partial charge in [-0.2, -0.15) is 0 Å². The highest BCUT2D eigenvalue weighted by Gasteiger charge is 2.38. The molecule has 2 unspecified atom stereocenters. The SMILES string of the molecule is CCC(C)CN(CC)C(=O)C1(C)CCCN1. The Balaban J connectivity index is 2.61. The third-order valence-electron chi connectivity index (χ3n) is 3.74. The lowest BCUT2D eigenvalue weighted by Crippen LogP contribution is -2.53. The zero-order chi connectivity index (χ0) is 12.2. The van der Waals surface area contributed by atoms with Gasteiger partial charge in [0, 0.05) is 13.1 Å². The number of carbonyl (C=O) groups excluding carboxylic acids is 1. The summed E-state index contributed by atoms with van der Waals surface area (Å²) in [6.45, 7) is 11.2. The second-order valence-corrected chi connectivity index (χ2v) is 5.22. The Morgan fingerprint density at radius 1 is 1.50 bits per heavy atom. The van der Waals surface area contributed by atoms with Crippen LogP contribution in [0.5, 0.6) is 0 Å². The molecule has 0 aromatic rings. The predicted molar refractivity (Wildman–Crippen MR) is 67.4 cm³/mol. The van der Waals surface area contributed by atoms with Crippen LogP contribution in [0.25, 0.3) is 0 Å². The summed E-state index contributed by atoms with van der Waals surface area (Å²) < 4.78 is 0. The van der Waals surface area contributed by atoms with Gasteiger partial charge in [0.15, 0.2) is 0 Å². The third kappa shape index (κ3) is 2.97. The lowest BCUT2D eigenvalue weighted by molar-refractivity contribution is -0.137. The highest BCUT2D eigenvalue weighted by Crippen LogP contribution is 2.22. The van der Waals surface area contributed by atoms with Gasteiger partial charge in [-0.25, -0.2) is 0 Å². The van der Waals surface area contributed by atoms with Gasteiger partial charge in [0.1, 0.15) is 0 Å². The lowest BCUT2D eigenvalue weighted by atomic mass is 9.97. The van der Waals surface area contributed by atoms with Crippen LogP contribution in [0.4, 0.5) is 0 Å². The quantitative estimate of drug-likeness (QED) is 0.778. The minimum Gasteiger partial charge on any atom is -0.341 e. The molecule has 0 radical (unpaired) electrons. The Morgan fingerprint density at radius 3 is 2.62 bits per heavy atom. The van der Waals surface area contributed by atoms with E-state index in [1.54, 1.807) is 0 Å². The summed E-state index contributed by atoms with van der Waals surface area (Å²) in [6, 6.07) is 0. The summed E-state index contributed by atoms with van der Waals surface area (Å²) >= 11 is 0. The second kappa shape index (κ2) is 5.67. The molecule has 1 saturated heterocycles. The van der Waals surface area contributed by atoms with E-state index in [-0.39, 0.29) is 11.4 Å². The van der Waals surface area contributed by atoms with E-state index in [0.29, 0.717) is 5.92 Å². The minimum absolute atomic E-state index is 0.285. The first-order chi connectivity index (χ1) is 7.53. The maximum absolute atomic E-state index is 12.4. The normalized spacial score (nSPS) is 26.8. The van der Waals surface area contributed by atoms with Crippen LogP contribution in [0.3, 0.4) is 0 Å². The fourth-order valence-corrected chi connectivity index (χ4v) is 2.29. The molecule has 16 heavy (non-hydrogen) atoms. The average Bonchev–Trinajstić information content (AvgIpc) is 2.73. The number of nitrogens with one attached hydrogen (secondary N) is 1. The fraction of sp³-hybridized carbons (Fsp3) is 0.923. The van der Waals surface area contributed by atoms with Gasteiger partial charge < -0.3 is 10.2 Å². The van der Waals surface area contributed by atoms with E-state index < -0.39 is 0 Å². The van der Waals surface area contributed by atoms with Crippen LogP contribution >= 0.6 is 0 Å². The largest absolute Gasteiger partial charge is 0.341 e. The standard InChI is InChI=1S/C13H26N2O/c1-5-11(3)10-15(6-2)12(16)13(4)8-7-9-14-13/h11,14H,5-10H2,1-4H3. The Kier molecular flexibility index (Phi) is 4.78. The van der Waals surface area contributed by atoms with E-state index in [1.807, 2.05) is 11.8 Å². The maximum atomic E-state index is 12.4. The zero-order valence-electron chi connectivity index (χ0n) is 11.2. The molecule has 2 atom stereocenters. The van der Waals surface area contributed by atoms with Gasteiger partial charge in [-0.3, -0.25) is 4.79 Å². The number of nitrogens with zero attached hydrogens (tertiary/aromatic N) is 1. The number of hydrogen-bond acceptors (Lipinski definition) is 2. The van der Waals surface area contributed by atoms with Crippen molar-refractivity contribution in [3.05, 3.63) is 0 Å². The van der Waals surface area contributed by atoms with E-state index in [4.69, 9.17) is 0 Å². The first-order valence-corrected chi connectivity index (χ1v) is 6.58. The van der Waals surface area contributed by atoms with Gasteiger partial charge >= 0.3 is 0 Å². The monoisotopic (exact) mass is 226 g/mol. The van der Waals surface area contributed by atoms with E-state index in [2.05, 4.69) is 26.1 Å². The average molecular weight is 226 g/mol. The maximum Gasteiger partial charge on any atom is 0.242 e. The molecular formula is C13H26N2O. The molecule has 94 valence electrons. The molecule has 0 aliphatic carbocycles. The minimum atomic E-state index is -0.302. The molecule has 0 bridgehead atoms. The van der Waals surface area contributed by atoms with Crippen LogP contribution in [0.1, 0.15) is 47.0 Å². The molecule has 1 heterocycles. The summed E-state index contributed by atoms with van der Waals surface area (Å²) in [5.74, 6) is 0.877. The van der Waals surface area contributed by atoms with Crippen molar-refractivity contribution in [1.29, 1.82) is 0 Å². The van der Waals surface area contributed by atoms with Gasteiger partial charge in [0.25, 0.3) is 0 Å². The number of carbonyl (C=O) groups is 1. The van der Waals surface area contributed by atoms with Crippen molar-refractivity contribution in [3.63, 3.8) is 0 Å². The molecule has 1 aliphatic heterocycles. The summed E-state index contributed by atoms with van der Waals surface area (Å²) in [6.07, 6.45) is 3.22. The molecule has 3 nitrogen and oxygen atoms in total. The van der Waals surface area contributed by atoms with Crippen molar-refractivity contribution >= 4 is 5.91 Å². The molecule has 0 aromatic heterocycles. The second-order valence-electron chi connectivity index (χ2n) is 5.22. The van der Waals surface area contributed by atoms with Crippen LogP contribution < -0.4 is 5.32 Å². The molecule has 0 saturated carbocycles. The van der Waals surface area contributed by atoms with Crippen molar-refractivity contribution in [2.75, 3.05) is 19.6 Å². The fourth-order valence-electron chi connectivity index (χ4n) is 2.29. The first kappa shape index (κ1) is 13.5. The lowest BCUT2D eigenvalue weighted by Gasteiger charge is -2.32. The van der Waals surface area contributed by atoms with E-state index in [1.165, 1.54) is 0 Å². The van der Waals surface area contributed by atoms with Crippen molar-refractivity contribution in [2.45, 2.75) is 52.5 Å². The van der Waals surface area contributed by atoms with Gasteiger partial charge in [0.2, 0.25) is 5.91 Å². The van der Waals surface area contributed by atoms with E-state index >= 15 is 0 Å². The number of hydrogen-bond donors (Lipinski definition) is 1. The zero-order valence-corrected chi connectivity index (χ0v) is 11.2. The topological polar surface area (TPSA) is 32.3 Å². The van der Waals surface area contributed by atoms with Crippen LogP contribution in [0.2, 0.25) is 0 Å². The van der Waals surface area contributed by atoms with Crippen molar-refractivity contribution in [2.24, 2.45) is 5.92 Å². The molecule has 1 fully saturated rings. The van der Waals surface area contributed by atoms with Crippen LogP contribution in [0.15, 0.2) is 0 Å². The Morgan fingerprint density at radius 2 is 2.19 bits per heavy atom. The Bertz CT molecular complexity index is 234. The number of rotatable bonds is 5. The Hall–Kier alpha value is -0.570. The van der Waals surface area contributed by atoms with Crippen molar-refractivity contribution in [3.8, 4) is 0 Å². The van der Waals surface area contributed by atoms with Gasteiger partial charge in [0.05, 0.1) is 5.54 Å². The van der Waals surface area contributed by atoms with Crippen LogP contribution in [-0.2, 0) is 4.79 Å². The predicted octanol–water partition coefficient (Wildman–Crippen LogP) is 2.02. The molecule has 0 aromatic carbocycles. The molecular weight excluding hydrogens is 200 g/mol.